The van der Waals surface area contributed by atoms with E-state index in [1.54, 1.807) is 38.7 Å². The second kappa shape index (κ2) is 13.9. The maximum atomic E-state index is 12.2. The van der Waals surface area contributed by atoms with Crippen molar-refractivity contribution in [1.82, 2.24) is 20.5 Å². The van der Waals surface area contributed by atoms with Crippen LogP contribution < -0.4 is 20.7 Å². The van der Waals surface area contributed by atoms with E-state index in [-0.39, 0.29) is 42.5 Å². The van der Waals surface area contributed by atoms with E-state index in [2.05, 4.69) is 43.0 Å². The number of benzene rings is 1. The normalized spacial score (nSPS) is 15.2. The highest BCUT2D eigenvalue weighted by Crippen LogP contribution is 2.23. The number of methoxy groups -OCH3 is 1. The summed E-state index contributed by atoms with van der Waals surface area (Å²) in [6, 6.07) is 11.8. The summed E-state index contributed by atoms with van der Waals surface area (Å²) in [6.07, 6.45) is 3.26. The van der Waals surface area contributed by atoms with Crippen LogP contribution in [0.5, 0.6) is 5.75 Å². The number of hydrogen-bond donors (Lipinski definition) is 3. The summed E-state index contributed by atoms with van der Waals surface area (Å²) in [5.74, 6) is 1.22. The van der Waals surface area contributed by atoms with Crippen molar-refractivity contribution in [2.24, 2.45) is 4.99 Å². The molecule has 3 N–H and O–H groups in total. The highest BCUT2D eigenvalue weighted by atomic mass is 127. The molecule has 32 heavy (non-hydrogen) atoms. The number of aliphatic imine (C=N–C) groups is 1. The smallest absolute Gasteiger partial charge is 0.243 e. The van der Waals surface area contributed by atoms with Crippen molar-refractivity contribution in [3.05, 3.63) is 54.4 Å². The molecular formula is C22H31IN6O3. The number of nitrogens with one attached hydrogen (secondary N) is 3. The van der Waals surface area contributed by atoms with Crippen molar-refractivity contribution in [3.63, 3.8) is 0 Å². The van der Waals surface area contributed by atoms with Crippen LogP contribution in [-0.4, -0.2) is 75.3 Å². The van der Waals surface area contributed by atoms with Gasteiger partial charge in [0.2, 0.25) is 5.91 Å². The molecule has 1 amide bonds. The molecule has 2 aromatic rings. The van der Waals surface area contributed by atoms with Crippen LogP contribution >= 0.6 is 24.0 Å². The van der Waals surface area contributed by atoms with Gasteiger partial charge in [-0.15, -0.1) is 24.0 Å². The summed E-state index contributed by atoms with van der Waals surface area (Å²) >= 11 is 0. The Hall–Kier alpha value is -2.44. The molecule has 0 spiro atoms. The maximum absolute atomic E-state index is 12.2. The fraction of sp³-hybridized carbons (Fsp3) is 0.409. The third kappa shape index (κ3) is 7.92. The minimum atomic E-state index is -0.171. The number of pyridine rings is 1. The molecule has 1 aromatic carbocycles. The third-order valence-electron chi connectivity index (χ3n) is 5.04. The number of nitrogens with zero attached hydrogens (tertiary/aromatic N) is 3. The molecule has 1 atom stereocenters. The van der Waals surface area contributed by atoms with Gasteiger partial charge in [-0.3, -0.25) is 19.7 Å². The van der Waals surface area contributed by atoms with Gasteiger partial charge in [-0.25, -0.2) is 0 Å². The average Bonchev–Trinajstić information content (AvgIpc) is 2.83. The Morgan fingerprint density at radius 2 is 1.97 bits per heavy atom. The molecule has 1 fully saturated rings. The Morgan fingerprint density at radius 1 is 1.22 bits per heavy atom. The highest BCUT2D eigenvalue weighted by molar-refractivity contribution is 14.0. The number of carbonyl (C=O) groups is 1. The van der Waals surface area contributed by atoms with Crippen molar-refractivity contribution >= 4 is 41.5 Å². The number of anilines is 1. The Balaban J connectivity index is 0.00000363. The van der Waals surface area contributed by atoms with E-state index in [1.165, 1.54) is 5.56 Å². The van der Waals surface area contributed by atoms with E-state index in [1.807, 2.05) is 12.1 Å². The van der Waals surface area contributed by atoms with E-state index in [9.17, 15) is 4.79 Å². The molecule has 0 radical (unpaired) electrons. The molecule has 1 aliphatic heterocycles. The van der Waals surface area contributed by atoms with Gasteiger partial charge in [-0.1, -0.05) is 12.1 Å². The summed E-state index contributed by atoms with van der Waals surface area (Å²) in [5, 5.41) is 9.20. The van der Waals surface area contributed by atoms with E-state index in [0.29, 0.717) is 31.4 Å². The summed E-state index contributed by atoms with van der Waals surface area (Å²) < 4.78 is 10.8. The molecule has 174 valence electrons. The first kappa shape index (κ1) is 25.8. The van der Waals surface area contributed by atoms with Gasteiger partial charge in [0.15, 0.2) is 5.96 Å². The van der Waals surface area contributed by atoms with E-state index in [4.69, 9.17) is 9.47 Å². The minimum absolute atomic E-state index is 0. The van der Waals surface area contributed by atoms with Crippen LogP contribution in [0, 0.1) is 0 Å². The van der Waals surface area contributed by atoms with Crippen LogP contribution in [0.4, 0.5) is 5.69 Å². The number of rotatable bonds is 8. The Bertz CT molecular complexity index is 845. The fourth-order valence-electron chi connectivity index (χ4n) is 3.39. The second-order valence-electron chi connectivity index (χ2n) is 7.03. The quantitative estimate of drug-likeness (QED) is 0.261. The zero-order valence-corrected chi connectivity index (χ0v) is 20.7. The highest BCUT2D eigenvalue weighted by Gasteiger charge is 2.23. The SMILES string of the molecule is CN=C(NCC(=O)Nc1cccnc1)NCC(c1ccc(OC)cc1)N1CCOCC1.I. The third-order valence-corrected chi connectivity index (χ3v) is 5.04. The van der Waals surface area contributed by atoms with Gasteiger partial charge in [-0.2, -0.15) is 0 Å². The number of carbonyl (C=O) groups excluding carboxylic acids is 1. The molecule has 1 aromatic heterocycles. The molecule has 2 heterocycles. The number of morpholine rings is 1. The van der Waals surface area contributed by atoms with Gasteiger partial charge >= 0.3 is 0 Å². The zero-order valence-electron chi connectivity index (χ0n) is 18.4. The molecule has 10 heteroatoms. The standard InChI is InChI=1S/C22H30N6O3.HI/c1-23-22(26-16-21(29)27-18-4-3-9-24-14-18)25-15-20(28-10-12-31-13-11-28)17-5-7-19(30-2)8-6-17;/h3-9,14,20H,10-13,15-16H2,1-2H3,(H,27,29)(H2,23,25,26);1H. The predicted octanol–water partition coefficient (Wildman–Crippen LogP) is 1.89. The molecule has 0 saturated carbocycles. The first-order valence-electron chi connectivity index (χ1n) is 10.3. The van der Waals surface area contributed by atoms with Crippen LogP contribution in [0.3, 0.4) is 0 Å². The molecule has 1 unspecified atom stereocenters. The molecular weight excluding hydrogens is 523 g/mol. The minimum Gasteiger partial charge on any atom is -0.497 e. The van der Waals surface area contributed by atoms with Gasteiger partial charge in [0.05, 0.1) is 44.8 Å². The zero-order chi connectivity index (χ0) is 21.9. The van der Waals surface area contributed by atoms with Crippen molar-refractivity contribution in [2.75, 3.05) is 58.9 Å². The number of aromatic nitrogens is 1. The van der Waals surface area contributed by atoms with Crippen LogP contribution in [0.2, 0.25) is 0 Å². The van der Waals surface area contributed by atoms with Crippen LogP contribution in [-0.2, 0) is 9.53 Å². The number of amides is 1. The molecule has 1 aliphatic rings. The van der Waals surface area contributed by atoms with Gasteiger partial charge in [0, 0.05) is 32.9 Å². The maximum Gasteiger partial charge on any atom is 0.243 e. The van der Waals surface area contributed by atoms with Crippen molar-refractivity contribution in [1.29, 1.82) is 0 Å². The summed E-state index contributed by atoms with van der Waals surface area (Å²) in [6.45, 7) is 3.88. The molecule has 9 nitrogen and oxygen atoms in total. The molecule has 0 bridgehead atoms. The Kier molecular flexibility index (Phi) is 11.2. The molecule has 3 rings (SSSR count). The monoisotopic (exact) mass is 554 g/mol. The first-order chi connectivity index (χ1) is 15.2. The lowest BCUT2D eigenvalue weighted by Crippen LogP contribution is -2.47. The second-order valence-corrected chi connectivity index (χ2v) is 7.03. The van der Waals surface area contributed by atoms with Crippen LogP contribution in [0.1, 0.15) is 11.6 Å². The number of ether oxygens (including phenoxy) is 2. The first-order valence-corrected chi connectivity index (χ1v) is 10.3. The van der Waals surface area contributed by atoms with Crippen molar-refractivity contribution in [3.8, 4) is 5.75 Å². The summed E-state index contributed by atoms with van der Waals surface area (Å²) in [7, 11) is 3.35. The van der Waals surface area contributed by atoms with Gasteiger partial charge < -0.3 is 25.4 Å². The number of guanidine groups is 1. The van der Waals surface area contributed by atoms with Crippen LogP contribution in [0.25, 0.3) is 0 Å². The van der Waals surface area contributed by atoms with Gasteiger partial charge in [0.25, 0.3) is 0 Å². The fourth-order valence-corrected chi connectivity index (χ4v) is 3.39. The van der Waals surface area contributed by atoms with E-state index < -0.39 is 0 Å². The topological polar surface area (TPSA) is 100 Å². The predicted molar refractivity (Wildman–Crippen MR) is 136 cm³/mol. The van der Waals surface area contributed by atoms with Crippen molar-refractivity contribution < 1.29 is 14.3 Å². The lowest BCUT2D eigenvalue weighted by atomic mass is 10.0. The lowest BCUT2D eigenvalue weighted by Gasteiger charge is -2.35. The molecule has 0 aliphatic carbocycles. The number of halogens is 1. The van der Waals surface area contributed by atoms with Gasteiger partial charge in [-0.05, 0) is 29.8 Å². The molecule has 1 saturated heterocycles. The van der Waals surface area contributed by atoms with E-state index >= 15 is 0 Å². The summed E-state index contributed by atoms with van der Waals surface area (Å²) in [5.41, 5.74) is 1.84. The van der Waals surface area contributed by atoms with E-state index in [0.717, 1.165) is 18.8 Å². The average molecular weight is 554 g/mol. The Labute approximate surface area is 206 Å². The van der Waals surface area contributed by atoms with Crippen LogP contribution in [0.15, 0.2) is 53.8 Å². The van der Waals surface area contributed by atoms with Gasteiger partial charge in [0.1, 0.15) is 5.75 Å². The largest absolute Gasteiger partial charge is 0.497 e. The lowest BCUT2D eigenvalue weighted by molar-refractivity contribution is -0.115. The Morgan fingerprint density at radius 3 is 2.59 bits per heavy atom. The summed E-state index contributed by atoms with van der Waals surface area (Å²) in [4.78, 5) is 22.8. The number of hydrogen-bond acceptors (Lipinski definition) is 6. The van der Waals surface area contributed by atoms with Crippen molar-refractivity contribution in [2.45, 2.75) is 6.04 Å².